The first-order valence-corrected chi connectivity index (χ1v) is 4.92. The Labute approximate surface area is 79.4 Å². The van der Waals surface area contributed by atoms with Gasteiger partial charge in [-0.1, -0.05) is 6.92 Å². The van der Waals surface area contributed by atoms with Crippen molar-refractivity contribution in [2.24, 2.45) is 0 Å². The van der Waals surface area contributed by atoms with E-state index in [1.807, 2.05) is 12.4 Å². The van der Waals surface area contributed by atoms with Crippen molar-refractivity contribution in [3.8, 4) is 0 Å². The van der Waals surface area contributed by atoms with E-state index < -0.39 is 0 Å². The molecule has 1 fully saturated rings. The van der Waals surface area contributed by atoms with Crippen molar-refractivity contribution in [3.05, 3.63) is 30.1 Å². The minimum absolute atomic E-state index is 0.369. The van der Waals surface area contributed by atoms with Crippen molar-refractivity contribution in [1.29, 1.82) is 0 Å². The van der Waals surface area contributed by atoms with Crippen molar-refractivity contribution in [2.45, 2.75) is 25.2 Å². The van der Waals surface area contributed by atoms with Crippen LogP contribution in [0.2, 0.25) is 0 Å². The summed E-state index contributed by atoms with van der Waals surface area (Å²) in [6.45, 7) is 4.63. The quantitative estimate of drug-likeness (QED) is 0.704. The molecule has 70 valence electrons. The summed E-state index contributed by atoms with van der Waals surface area (Å²) in [6.07, 6.45) is 6.25. The molecule has 2 rings (SSSR count). The molecular weight excluding hydrogens is 160 g/mol. The highest BCUT2D eigenvalue weighted by atomic mass is 14.9. The molecule has 0 radical (unpaired) electrons. The van der Waals surface area contributed by atoms with Crippen LogP contribution in [0.4, 0.5) is 0 Å². The molecule has 1 aliphatic heterocycles. The topological polar surface area (TPSA) is 24.9 Å². The van der Waals surface area contributed by atoms with Gasteiger partial charge in [0.05, 0.1) is 0 Å². The standard InChI is InChI=1S/C11H16N2/c1-11(4-8-13-9-5-11)10-2-6-12-7-3-10/h2-3,6-7,13H,4-5,8-9H2,1H3. The van der Waals surface area contributed by atoms with Gasteiger partial charge in [0.2, 0.25) is 0 Å². The zero-order chi connectivity index (χ0) is 9.15. The van der Waals surface area contributed by atoms with Gasteiger partial charge >= 0.3 is 0 Å². The van der Waals surface area contributed by atoms with Crippen LogP contribution in [0.25, 0.3) is 0 Å². The average molecular weight is 176 g/mol. The highest BCUT2D eigenvalue weighted by Crippen LogP contribution is 2.31. The summed E-state index contributed by atoms with van der Waals surface area (Å²) in [5.74, 6) is 0. The van der Waals surface area contributed by atoms with E-state index in [0.717, 1.165) is 13.1 Å². The molecule has 2 heterocycles. The molecule has 1 aromatic rings. The Hall–Kier alpha value is -0.890. The van der Waals surface area contributed by atoms with Crippen LogP contribution >= 0.6 is 0 Å². The second-order valence-corrected chi connectivity index (χ2v) is 4.05. The van der Waals surface area contributed by atoms with Crippen LogP contribution in [-0.2, 0) is 5.41 Å². The SMILES string of the molecule is CC1(c2ccncc2)CCNCC1. The summed E-state index contributed by atoms with van der Waals surface area (Å²) in [7, 11) is 0. The fourth-order valence-corrected chi connectivity index (χ4v) is 2.02. The third kappa shape index (κ3) is 1.73. The van der Waals surface area contributed by atoms with Gasteiger partial charge in [0.15, 0.2) is 0 Å². The van der Waals surface area contributed by atoms with E-state index >= 15 is 0 Å². The normalized spacial score (nSPS) is 21.3. The molecule has 0 unspecified atom stereocenters. The summed E-state index contributed by atoms with van der Waals surface area (Å²) in [4.78, 5) is 4.06. The second-order valence-electron chi connectivity index (χ2n) is 4.05. The Balaban J connectivity index is 2.23. The predicted octanol–water partition coefficient (Wildman–Crippen LogP) is 1.72. The smallest absolute Gasteiger partial charge is 0.0270 e. The van der Waals surface area contributed by atoms with Gasteiger partial charge < -0.3 is 5.32 Å². The van der Waals surface area contributed by atoms with Crippen LogP contribution in [0.1, 0.15) is 25.3 Å². The Morgan fingerprint density at radius 2 is 1.85 bits per heavy atom. The van der Waals surface area contributed by atoms with E-state index in [1.54, 1.807) is 0 Å². The molecule has 0 saturated carbocycles. The number of piperidine rings is 1. The first-order valence-electron chi connectivity index (χ1n) is 4.92. The maximum atomic E-state index is 4.06. The number of pyridine rings is 1. The summed E-state index contributed by atoms with van der Waals surface area (Å²) in [5.41, 5.74) is 1.80. The zero-order valence-corrected chi connectivity index (χ0v) is 8.09. The third-order valence-electron chi connectivity index (χ3n) is 3.08. The lowest BCUT2D eigenvalue weighted by atomic mass is 9.75. The van der Waals surface area contributed by atoms with Gasteiger partial charge in [0, 0.05) is 12.4 Å². The van der Waals surface area contributed by atoms with Gasteiger partial charge in [0.1, 0.15) is 0 Å². The molecule has 0 aromatic carbocycles. The molecular formula is C11H16N2. The van der Waals surface area contributed by atoms with Gasteiger partial charge in [-0.15, -0.1) is 0 Å². The second kappa shape index (κ2) is 3.46. The Kier molecular flexibility index (Phi) is 2.32. The molecule has 2 heteroatoms. The first kappa shape index (κ1) is 8.70. The Morgan fingerprint density at radius 1 is 1.23 bits per heavy atom. The molecule has 0 amide bonds. The van der Waals surface area contributed by atoms with E-state index in [1.165, 1.54) is 18.4 Å². The summed E-state index contributed by atoms with van der Waals surface area (Å²) >= 11 is 0. The lowest BCUT2D eigenvalue weighted by Gasteiger charge is -2.34. The fourth-order valence-electron chi connectivity index (χ4n) is 2.02. The van der Waals surface area contributed by atoms with Crippen LogP contribution in [0.15, 0.2) is 24.5 Å². The lowest BCUT2D eigenvalue weighted by molar-refractivity contribution is 0.335. The van der Waals surface area contributed by atoms with Gasteiger partial charge in [-0.05, 0) is 49.0 Å². The summed E-state index contributed by atoms with van der Waals surface area (Å²) < 4.78 is 0. The van der Waals surface area contributed by atoms with E-state index in [4.69, 9.17) is 0 Å². The molecule has 1 aromatic heterocycles. The molecule has 0 aliphatic carbocycles. The predicted molar refractivity (Wildman–Crippen MR) is 53.7 cm³/mol. The monoisotopic (exact) mass is 176 g/mol. The van der Waals surface area contributed by atoms with Crippen molar-refractivity contribution < 1.29 is 0 Å². The van der Waals surface area contributed by atoms with Gasteiger partial charge in [-0.2, -0.15) is 0 Å². The molecule has 2 nitrogen and oxygen atoms in total. The van der Waals surface area contributed by atoms with E-state index in [0.29, 0.717) is 5.41 Å². The van der Waals surface area contributed by atoms with Crippen LogP contribution in [-0.4, -0.2) is 18.1 Å². The molecule has 0 atom stereocenters. The van der Waals surface area contributed by atoms with E-state index in [-0.39, 0.29) is 0 Å². The summed E-state index contributed by atoms with van der Waals surface area (Å²) in [5, 5.41) is 3.39. The number of aromatic nitrogens is 1. The molecule has 0 bridgehead atoms. The maximum Gasteiger partial charge on any atom is 0.0270 e. The molecule has 1 N–H and O–H groups in total. The minimum Gasteiger partial charge on any atom is -0.317 e. The van der Waals surface area contributed by atoms with Crippen LogP contribution in [0.5, 0.6) is 0 Å². The maximum absolute atomic E-state index is 4.06. The average Bonchev–Trinajstić information content (AvgIpc) is 2.20. The van der Waals surface area contributed by atoms with Crippen LogP contribution < -0.4 is 5.32 Å². The Bertz CT molecular complexity index is 263. The Morgan fingerprint density at radius 3 is 2.46 bits per heavy atom. The van der Waals surface area contributed by atoms with Gasteiger partial charge in [0.25, 0.3) is 0 Å². The first-order chi connectivity index (χ1) is 6.31. The lowest BCUT2D eigenvalue weighted by Crippen LogP contribution is -2.37. The number of hydrogen-bond donors (Lipinski definition) is 1. The number of nitrogens with zero attached hydrogens (tertiary/aromatic N) is 1. The zero-order valence-electron chi connectivity index (χ0n) is 8.09. The fraction of sp³-hybridized carbons (Fsp3) is 0.545. The highest BCUT2D eigenvalue weighted by molar-refractivity contribution is 5.22. The van der Waals surface area contributed by atoms with E-state index in [2.05, 4.69) is 29.4 Å². The molecule has 1 saturated heterocycles. The number of nitrogens with one attached hydrogen (secondary N) is 1. The van der Waals surface area contributed by atoms with Gasteiger partial charge in [-0.25, -0.2) is 0 Å². The molecule has 0 spiro atoms. The number of rotatable bonds is 1. The van der Waals surface area contributed by atoms with Crippen molar-refractivity contribution in [1.82, 2.24) is 10.3 Å². The van der Waals surface area contributed by atoms with Crippen molar-refractivity contribution in [3.63, 3.8) is 0 Å². The van der Waals surface area contributed by atoms with Gasteiger partial charge in [-0.3, -0.25) is 4.98 Å². The van der Waals surface area contributed by atoms with Crippen LogP contribution in [0.3, 0.4) is 0 Å². The largest absolute Gasteiger partial charge is 0.317 e. The van der Waals surface area contributed by atoms with Crippen molar-refractivity contribution >= 4 is 0 Å². The summed E-state index contributed by atoms with van der Waals surface area (Å²) in [6, 6.07) is 4.29. The van der Waals surface area contributed by atoms with Crippen LogP contribution in [0, 0.1) is 0 Å². The van der Waals surface area contributed by atoms with E-state index in [9.17, 15) is 0 Å². The van der Waals surface area contributed by atoms with Crippen molar-refractivity contribution in [2.75, 3.05) is 13.1 Å². The third-order valence-corrected chi connectivity index (χ3v) is 3.08. The minimum atomic E-state index is 0.369. The highest BCUT2D eigenvalue weighted by Gasteiger charge is 2.28. The molecule has 1 aliphatic rings. The number of hydrogen-bond acceptors (Lipinski definition) is 2. The molecule has 13 heavy (non-hydrogen) atoms.